The van der Waals surface area contributed by atoms with Crippen molar-refractivity contribution in [1.29, 1.82) is 0 Å². The van der Waals surface area contributed by atoms with Gasteiger partial charge in [-0.2, -0.15) is 5.10 Å². The summed E-state index contributed by atoms with van der Waals surface area (Å²) < 4.78 is 13.9. The zero-order valence-electron chi connectivity index (χ0n) is 12.7. The number of aliphatic hydroxyl groups is 1. The van der Waals surface area contributed by atoms with Gasteiger partial charge >= 0.3 is 7.12 Å². The molecular weight excluding hydrogens is 255 g/mol. The molecule has 6 heteroatoms. The summed E-state index contributed by atoms with van der Waals surface area (Å²) in [5.74, 6) is 0. The highest BCUT2D eigenvalue weighted by Gasteiger charge is 2.52. The number of rotatable bonds is 3. The Bertz CT molecular complexity index is 487. The van der Waals surface area contributed by atoms with Gasteiger partial charge in [0.05, 0.1) is 23.3 Å². The molecule has 1 aromatic rings. The number of nitrogens with zero attached hydrogens (tertiary/aromatic N) is 2. The summed E-state index contributed by atoms with van der Waals surface area (Å²) in [5.41, 5.74) is 0.0286. The highest BCUT2D eigenvalue weighted by molar-refractivity contribution is 6.62. The molecule has 110 valence electrons. The van der Waals surface area contributed by atoms with Crippen LogP contribution in [0.1, 0.15) is 47.0 Å². The van der Waals surface area contributed by atoms with E-state index in [0.717, 1.165) is 24.7 Å². The Morgan fingerprint density at radius 1 is 1.25 bits per heavy atom. The summed E-state index contributed by atoms with van der Waals surface area (Å²) in [7, 11) is -0.385. The quantitative estimate of drug-likeness (QED) is 0.840. The number of aliphatic hydroxyl groups excluding tert-OH is 1. The van der Waals surface area contributed by atoms with Gasteiger partial charge in [0, 0.05) is 17.9 Å². The van der Waals surface area contributed by atoms with Crippen molar-refractivity contribution in [3.8, 4) is 0 Å². The number of hydrogen-bond acceptors (Lipinski definition) is 4. The normalized spacial score (nSPS) is 26.6. The highest BCUT2D eigenvalue weighted by Crippen LogP contribution is 2.39. The standard InChI is InChI=1S/C14H23BN2O3/c1-12(2)13(3,4)20-15(19-12)11-8-16-17(9-11)14(10-18)6-5-7-14/h8-9,18H,5-7,10H2,1-4H3. The summed E-state index contributed by atoms with van der Waals surface area (Å²) in [4.78, 5) is 0. The smallest absolute Gasteiger partial charge is 0.399 e. The summed E-state index contributed by atoms with van der Waals surface area (Å²) in [6.07, 6.45) is 6.85. The molecule has 1 saturated carbocycles. The van der Waals surface area contributed by atoms with Crippen molar-refractivity contribution < 1.29 is 14.4 Å². The predicted octanol–water partition coefficient (Wildman–Crippen LogP) is 1.05. The largest absolute Gasteiger partial charge is 0.498 e. The van der Waals surface area contributed by atoms with Gasteiger partial charge in [-0.15, -0.1) is 0 Å². The van der Waals surface area contributed by atoms with Gasteiger partial charge in [0.15, 0.2) is 0 Å². The van der Waals surface area contributed by atoms with E-state index in [0.29, 0.717) is 0 Å². The van der Waals surface area contributed by atoms with Crippen molar-refractivity contribution in [2.75, 3.05) is 6.61 Å². The molecule has 0 radical (unpaired) electrons. The first-order valence-corrected chi connectivity index (χ1v) is 7.31. The summed E-state index contributed by atoms with van der Waals surface area (Å²) >= 11 is 0. The van der Waals surface area contributed by atoms with Gasteiger partial charge in [0.25, 0.3) is 0 Å². The molecule has 1 aromatic heterocycles. The van der Waals surface area contributed by atoms with Crippen LogP contribution >= 0.6 is 0 Å². The van der Waals surface area contributed by atoms with E-state index in [9.17, 15) is 5.11 Å². The fourth-order valence-corrected chi connectivity index (χ4v) is 2.74. The molecule has 2 aliphatic rings. The monoisotopic (exact) mass is 278 g/mol. The Labute approximate surface area is 120 Å². The second-order valence-corrected chi connectivity index (χ2v) is 7.04. The van der Waals surface area contributed by atoms with Crippen molar-refractivity contribution in [3.63, 3.8) is 0 Å². The van der Waals surface area contributed by atoms with E-state index >= 15 is 0 Å². The van der Waals surface area contributed by atoms with Crippen molar-refractivity contribution in [3.05, 3.63) is 12.4 Å². The molecule has 0 unspecified atom stereocenters. The van der Waals surface area contributed by atoms with Crippen molar-refractivity contribution in [2.24, 2.45) is 0 Å². The van der Waals surface area contributed by atoms with E-state index in [1.165, 1.54) is 0 Å². The van der Waals surface area contributed by atoms with E-state index in [-0.39, 0.29) is 30.5 Å². The average molecular weight is 278 g/mol. The second-order valence-electron chi connectivity index (χ2n) is 7.04. The summed E-state index contributed by atoms with van der Waals surface area (Å²) in [6, 6.07) is 0. The summed E-state index contributed by atoms with van der Waals surface area (Å²) in [5, 5.41) is 14.0. The minimum atomic E-state index is -0.385. The van der Waals surface area contributed by atoms with E-state index in [1.54, 1.807) is 6.20 Å². The lowest BCUT2D eigenvalue weighted by atomic mass is 9.77. The zero-order valence-corrected chi connectivity index (χ0v) is 12.7. The molecule has 0 amide bonds. The molecule has 5 nitrogen and oxygen atoms in total. The maximum absolute atomic E-state index is 9.61. The lowest BCUT2D eigenvalue weighted by molar-refractivity contribution is 0.00578. The van der Waals surface area contributed by atoms with Crippen LogP contribution in [0.4, 0.5) is 0 Å². The minimum absolute atomic E-state index is 0.136. The van der Waals surface area contributed by atoms with Crippen LogP contribution in [-0.4, -0.2) is 39.8 Å². The van der Waals surface area contributed by atoms with E-state index in [2.05, 4.69) is 5.10 Å². The van der Waals surface area contributed by atoms with Crippen LogP contribution in [0.5, 0.6) is 0 Å². The molecule has 2 fully saturated rings. The molecule has 20 heavy (non-hydrogen) atoms. The van der Waals surface area contributed by atoms with Crippen LogP contribution in [0.25, 0.3) is 0 Å². The molecular formula is C14H23BN2O3. The van der Waals surface area contributed by atoms with E-state index in [1.807, 2.05) is 38.6 Å². The minimum Gasteiger partial charge on any atom is -0.399 e. The van der Waals surface area contributed by atoms with Gasteiger partial charge in [0.1, 0.15) is 0 Å². The molecule has 0 aromatic carbocycles. The van der Waals surface area contributed by atoms with Crippen LogP contribution in [0.3, 0.4) is 0 Å². The molecule has 1 aliphatic heterocycles. The molecule has 1 N–H and O–H groups in total. The Hall–Kier alpha value is -0.845. The van der Waals surface area contributed by atoms with Gasteiger partial charge in [-0.05, 0) is 47.0 Å². The topological polar surface area (TPSA) is 56.5 Å². The maximum Gasteiger partial charge on any atom is 0.498 e. The first kappa shape index (κ1) is 14.1. The fourth-order valence-electron chi connectivity index (χ4n) is 2.74. The van der Waals surface area contributed by atoms with E-state index < -0.39 is 0 Å². The van der Waals surface area contributed by atoms with Gasteiger partial charge < -0.3 is 14.4 Å². The Kier molecular flexibility index (Phi) is 3.05. The van der Waals surface area contributed by atoms with Gasteiger partial charge in [-0.1, -0.05) is 0 Å². The molecule has 0 atom stereocenters. The predicted molar refractivity (Wildman–Crippen MR) is 76.9 cm³/mol. The first-order valence-electron chi connectivity index (χ1n) is 7.31. The van der Waals surface area contributed by atoms with Crippen LogP contribution in [0, 0.1) is 0 Å². The van der Waals surface area contributed by atoms with Crippen molar-refractivity contribution >= 4 is 12.6 Å². The molecule has 2 heterocycles. The summed E-state index contributed by atoms with van der Waals surface area (Å²) in [6.45, 7) is 8.30. The van der Waals surface area contributed by atoms with E-state index in [4.69, 9.17) is 9.31 Å². The Morgan fingerprint density at radius 2 is 1.85 bits per heavy atom. The average Bonchev–Trinajstić information content (AvgIpc) is 2.83. The third-order valence-corrected chi connectivity index (χ3v) is 5.19. The first-order chi connectivity index (χ1) is 9.30. The lowest BCUT2D eigenvalue weighted by Crippen LogP contribution is -2.44. The maximum atomic E-state index is 9.61. The SMILES string of the molecule is CC1(C)OB(c2cnn(C3(CO)CCC3)c2)OC1(C)C. The van der Waals surface area contributed by atoms with Gasteiger partial charge in [-0.25, -0.2) is 0 Å². The lowest BCUT2D eigenvalue weighted by Gasteiger charge is -2.40. The molecule has 3 rings (SSSR count). The van der Waals surface area contributed by atoms with Crippen LogP contribution in [0.2, 0.25) is 0 Å². The third-order valence-electron chi connectivity index (χ3n) is 5.19. The van der Waals surface area contributed by atoms with Gasteiger partial charge in [-0.3, -0.25) is 4.68 Å². The second kappa shape index (κ2) is 4.32. The Balaban J connectivity index is 1.82. The molecule has 1 saturated heterocycles. The third kappa shape index (κ3) is 1.93. The van der Waals surface area contributed by atoms with Crippen molar-refractivity contribution in [2.45, 2.75) is 63.7 Å². The molecule has 0 bridgehead atoms. The molecule has 0 spiro atoms. The number of hydrogen-bond donors (Lipinski definition) is 1. The Morgan fingerprint density at radius 3 is 2.30 bits per heavy atom. The van der Waals surface area contributed by atoms with Crippen LogP contribution in [0.15, 0.2) is 12.4 Å². The van der Waals surface area contributed by atoms with Crippen LogP contribution < -0.4 is 5.46 Å². The van der Waals surface area contributed by atoms with Gasteiger partial charge in [0.2, 0.25) is 0 Å². The van der Waals surface area contributed by atoms with Crippen molar-refractivity contribution in [1.82, 2.24) is 9.78 Å². The molecule has 1 aliphatic carbocycles. The number of aromatic nitrogens is 2. The fraction of sp³-hybridized carbons (Fsp3) is 0.786. The highest BCUT2D eigenvalue weighted by atomic mass is 16.7. The van der Waals surface area contributed by atoms with Crippen LogP contribution in [-0.2, 0) is 14.8 Å². The zero-order chi connectivity index (χ0) is 14.6.